The molecule has 0 bridgehead atoms. The maximum absolute atomic E-state index is 10.7. The average molecular weight is 300 g/mol. The van der Waals surface area contributed by atoms with Crippen LogP contribution in [0, 0.1) is 0 Å². The molecule has 0 amide bonds. The summed E-state index contributed by atoms with van der Waals surface area (Å²) in [4.78, 5) is 10.7. The fourth-order valence-electron chi connectivity index (χ4n) is 0.470. The van der Waals surface area contributed by atoms with Crippen molar-refractivity contribution in [3.05, 3.63) is 8.06 Å². The minimum absolute atomic E-state index is 0.253. The van der Waals surface area contributed by atoms with Crippen LogP contribution in [0.1, 0.15) is 0 Å². The van der Waals surface area contributed by atoms with Crippen LogP contribution in [-0.4, -0.2) is 18.3 Å². The number of carbonyl (C=O) groups is 1. The first-order chi connectivity index (χ1) is 4.25. The molecule has 1 aliphatic rings. The molecule has 2 radical (unpaired) electrons. The van der Waals surface area contributed by atoms with Crippen molar-refractivity contribution < 1.29 is 30.5 Å². The molecule has 0 atom stereocenters. The third-order valence-corrected chi connectivity index (χ3v) is 3.94. The van der Waals surface area contributed by atoms with E-state index in [1.807, 2.05) is 0 Å². The van der Waals surface area contributed by atoms with Crippen molar-refractivity contribution in [3.63, 3.8) is 0 Å². The van der Waals surface area contributed by atoms with Crippen LogP contribution in [0.25, 0.3) is 0 Å². The normalized spacial score (nSPS) is 19.0. The SMILES string of the molecule is [B][I-]C1=C(Br)COC1=O. The second-order valence-corrected chi connectivity index (χ2v) is 4.06. The number of rotatable bonds is 1. The molecule has 0 aromatic rings. The van der Waals surface area contributed by atoms with Crippen LogP contribution in [0.15, 0.2) is 8.06 Å². The molecular weight excluding hydrogens is 298 g/mol. The molecule has 0 aromatic heterocycles. The van der Waals surface area contributed by atoms with Gasteiger partial charge in [0, 0.05) is 0 Å². The van der Waals surface area contributed by atoms with E-state index in [9.17, 15) is 4.79 Å². The Morgan fingerprint density at radius 2 is 2.44 bits per heavy atom. The number of esters is 1. The van der Waals surface area contributed by atoms with Crippen LogP contribution in [0.2, 0.25) is 0 Å². The zero-order chi connectivity index (χ0) is 6.85. The number of hydrogen-bond donors (Lipinski definition) is 0. The summed E-state index contributed by atoms with van der Waals surface area (Å²) in [6.07, 6.45) is 0. The van der Waals surface area contributed by atoms with Crippen molar-refractivity contribution in [3.8, 4) is 0 Å². The Kier molecular flexibility index (Phi) is 2.57. The van der Waals surface area contributed by atoms with E-state index in [0.29, 0.717) is 10.2 Å². The van der Waals surface area contributed by atoms with Crippen LogP contribution in [0.5, 0.6) is 0 Å². The predicted molar refractivity (Wildman–Crippen MR) is 32.7 cm³/mol. The third kappa shape index (κ3) is 1.49. The van der Waals surface area contributed by atoms with E-state index < -0.39 is 21.0 Å². The molecular formula is C4H2BBrIO2-. The van der Waals surface area contributed by atoms with Crippen LogP contribution < -0.4 is 21.0 Å². The van der Waals surface area contributed by atoms with Crippen LogP contribution in [0.4, 0.5) is 0 Å². The molecule has 1 rings (SSSR count). The van der Waals surface area contributed by atoms with Gasteiger partial charge in [0.1, 0.15) is 0 Å². The number of ether oxygens (including phenoxy) is 1. The van der Waals surface area contributed by atoms with Crippen molar-refractivity contribution in [1.82, 2.24) is 0 Å². The van der Waals surface area contributed by atoms with Gasteiger partial charge in [0.05, 0.1) is 0 Å². The van der Waals surface area contributed by atoms with Gasteiger partial charge in [0.2, 0.25) is 0 Å². The van der Waals surface area contributed by atoms with E-state index in [4.69, 9.17) is 5.70 Å². The quantitative estimate of drug-likeness (QED) is 0.300. The Morgan fingerprint density at radius 3 is 2.67 bits per heavy atom. The summed E-state index contributed by atoms with van der Waals surface area (Å²) in [5.74, 6) is -0.253. The molecule has 48 valence electrons. The van der Waals surface area contributed by atoms with E-state index in [1.165, 1.54) is 0 Å². The van der Waals surface area contributed by atoms with Crippen molar-refractivity contribution in [2.45, 2.75) is 0 Å². The molecule has 1 aliphatic heterocycles. The molecule has 0 aromatic carbocycles. The van der Waals surface area contributed by atoms with Crippen LogP contribution in [-0.2, 0) is 9.53 Å². The third-order valence-electron chi connectivity index (χ3n) is 0.856. The van der Waals surface area contributed by atoms with Gasteiger partial charge in [-0.3, -0.25) is 0 Å². The predicted octanol–water partition coefficient (Wildman–Crippen LogP) is -2.68. The molecule has 0 spiro atoms. The summed E-state index contributed by atoms with van der Waals surface area (Å²) >= 11 is 2.57. The van der Waals surface area contributed by atoms with Crippen LogP contribution >= 0.6 is 15.9 Å². The van der Waals surface area contributed by atoms with Gasteiger partial charge in [-0.2, -0.15) is 0 Å². The fourth-order valence-corrected chi connectivity index (χ4v) is 2.23. The Bertz CT molecular complexity index is 179. The number of cyclic esters (lactones) is 1. The standard InChI is InChI=1S/C4H2BBrIO2/c5-7-3-2(6)1-9-4(3)8/h1H2/q-1. The summed E-state index contributed by atoms with van der Waals surface area (Å²) in [5, 5.41) is 0. The Hall–Kier alpha value is 0.485. The van der Waals surface area contributed by atoms with Gasteiger partial charge in [-0.05, 0) is 0 Å². The maximum atomic E-state index is 10.7. The van der Waals surface area contributed by atoms with Gasteiger partial charge in [0.25, 0.3) is 0 Å². The second-order valence-electron chi connectivity index (χ2n) is 1.40. The Labute approximate surface area is 72.6 Å². The summed E-state index contributed by atoms with van der Waals surface area (Å²) in [6, 6.07) is 0. The summed E-state index contributed by atoms with van der Waals surface area (Å²) in [7, 11) is 0. The van der Waals surface area contributed by atoms with E-state index >= 15 is 0 Å². The summed E-state index contributed by atoms with van der Waals surface area (Å²) in [5.41, 5.74) is 5.34. The second kappa shape index (κ2) is 3.05. The Morgan fingerprint density at radius 1 is 1.78 bits per heavy atom. The van der Waals surface area contributed by atoms with Gasteiger partial charge in [-0.25, -0.2) is 0 Å². The molecule has 0 fully saturated rings. The molecule has 2 nitrogen and oxygen atoms in total. The van der Waals surface area contributed by atoms with Crippen molar-refractivity contribution in [2.75, 3.05) is 6.61 Å². The molecule has 9 heavy (non-hydrogen) atoms. The first kappa shape index (κ1) is 7.59. The van der Waals surface area contributed by atoms with Gasteiger partial charge in [0.15, 0.2) is 0 Å². The van der Waals surface area contributed by atoms with Crippen LogP contribution in [0.3, 0.4) is 0 Å². The zero-order valence-corrected chi connectivity index (χ0v) is 8.10. The molecule has 0 aliphatic carbocycles. The van der Waals surface area contributed by atoms with Gasteiger partial charge in [-0.1, -0.05) is 0 Å². The summed E-state index contributed by atoms with van der Waals surface area (Å²) < 4.78 is 6.14. The van der Waals surface area contributed by atoms with E-state index in [0.717, 1.165) is 4.48 Å². The Balaban J connectivity index is 2.82. The number of hydrogen-bond acceptors (Lipinski definition) is 2. The van der Waals surface area contributed by atoms with Crippen molar-refractivity contribution in [2.24, 2.45) is 0 Å². The minimum atomic E-state index is -0.618. The van der Waals surface area contributed by atoms with Crippen molar-refractivity contribution in [1.29, 1.82) is 0 Å². The van der Waals surface area contributed by atoms with Gasteiger partial charge >= 0.3 is 72.8 Å². The molecule has 0 saturated heterocycles. The number of halogens is 2. The van der Waals surface area contributed by atoms with Gasteiger partial charge < -0.3 is 0 Å². The molecule has 0 unspecified atom stereocenters. The van der Waals surface area contributed by atoms with Gasteiger partial charge in [-0.15, -0.1) is 0 Å². The van der Waals surface area contributed by atoms with E-state index in [-0.39, 0.29) is 5.97 Å². The average Bonchev–Trinajstić information content (AvgIpc) is 2.12. The van der Waals surface area contributed by atoms with Crippen molar-refractivity contribution >= 4 is 27.6 Å². The monoisotopic (exact) mass is 299 g/mol. The van der Waals surface area contributed by atoms with E-state index in [1.54, 1.807) is 0 Å². The molecule has 1 heterocycles. The first-order valence-electron chi connectivity index (χ1n) is 2.15. The topological polar surface area (TPSA) is 26.3 Å². The molecule has 5 heteroatoms. The zero-order valence-electron chi connectivity index (χ0n) is 4.36. The first-order valence-corrected chi connectivity index (χ1v) is 5.26. The van der Waals surface area contributed by atoms with E-state index in [2.05, 4.69) is 20.7 Å². The molecule has 0 saturated carbocycles. The summed E-state index contributed by atoms with van der Waals surface area (Å²) in [6.45, 7) is 0.366. The number of carbonyl (C=O) groups excluding carboxylic acids is 1. The fraction of sp³-hybridized carbons (Fsp3) is 0.250. The molecule has 0 N–H and O–H groups in total.